The van der Waals surface area contributed by atoms with Crippen molar-refractivity contribution in [3.8, 4) is 0 Å². The van der Waals surface area contributed by atoms with Gasteiger partial charge < -0.3 is 10.6 Å². The standard InChI is InChI=1S/C11H20N4/c1-3-10(4-2)15(9-6-12)11-13-7-5-8-14-11/h5,7-8,10H,3-4,6,9,12H2,1-2H3. The van der Waals surface area contributed by atoms with E-state index in [0.29, 0.717) is 12.6 Å². The molecule has 2 N–H and O–H groups in total. The largest absolute Gasteiger partial charge is 0.337 e. The Balaban J connectivity index is 2.81. The second-order valence-electron chi connectivity index (χ2n) is 3.50. The molecule has 0 amide bonds. The van der Waals surface area contributed by atoms with E-state index in [0.717, 1.165) is 25.3 Å². The molecule has 0 aliphatic rings. The molecule has 1 aromatic heterocycles. The van der Waals surface area contributed by atoms with E-state index in [1.165, 1.54) is 0 Å². The number of aromatic nitrogens is 2. The number of hydrogen-bond donors (Lipinski definition) is 1. The van der Waals surface area contributed by atoms with Crippen molar-refractivity contribution in [2.45, 2.75) is 32.7 Å². The van der Waals surface area contributed by atoms with Crippen molar-refractivity contribution in [3.63, 3.8) is 0 Å². The van der Waals surface area contributed by atoms with Gasteiger partial charge in [0.15, 0.2) is 0 Å². The van der Waals surface area contributed by atoms with Gasteiger partial charge in [0.25, 0.3) is 0 Å². The fraction of sp³-hybridized carbons (Fsp3) is 0.636. The van der Waals surface area contributed by atoms with Crippen LogP contribution in [0.2, 0.25) is 0 Å². The summed E-state index contributed by atoms with van der Waals surface area (Å²) in [5, 5.41) is 0. The quantitative estimate of drug-likeness (QED) is 0.768. The molecule has 4 nitrogen and oxygen atoms in total. The SMILES string of the molecule is CCC(CC)N(CCN)c1ncccn1. The highest BCUT2D eigenvalue weighted by Crippen LogP contribution is 2.14. The second kappa shape index (κ2) is 6.35. The molecule has 0 aliphatic heterocycles. The van der Waals surface area contributed by atoms with E-state index < -0.39 is 0 Å². The molecule has 0 unspecified atom stereocenters. The molecule has 84 valence electrons. The molecule has 0 aromatic carbocycles. The Morgan fingerprint density at radius 2 is 1.87 bits per heavy atom. The van der Waals surface area contributed by atoms with Crippen LogP contribution in [0.25, 0.3) is 0 Å². The molecule has 1 rings (SSSR count). The summed E-state index contributed by atoms with van der Waals surface area (Å²) in [7, 11) is 0. The van der Waals surface area contributed by atoms with Gasteiger partial charge in [-0.1, -0.05) is 13.8 Å². The smallest absolute Gasteiger partial charge is 0.225 e. The van der Waals surface area contributed by atoms with Crippen LogP contribution in [0.5, 0.6) is 0 Å². The Bertz CT molecular complexity index is 259. The lowest BCUT2D eigenvalue weighted by molar-refractivity contribution is 0.548. The van der Waals surface area contributed by atoms with Crippen LogP contribution in [0.1, 0.15) is 26.7 Å². The third kappa shape index (κ3) is 3.16. The van der Waals surface area contributed by atoms with Gasteiger partial charge in [0.2, 0.25) is 5.95 Å². The minimum atomic E-state index is 0.482. The van der Waals surface area contributed by atoms with Crippen molar-refractivity contribution in [3.05, 3.63) is 18.5 Å². The fourth-order valence-corrected chi connectivity index (χ4v) is 1.75. The number of nitrogens with zero attached hydrogens (tertiary/aromatic N) is 3. The molecule has 0 radical (unpaired) electrons. The van der Waals surface area contributed by atoms with Crippen molar-refractivity contribution in [1.29, 1.82) is 0 Å². The van der Waals surface area contributed by atoms with Crippen LogP contribution in [0.3, 0.4) is 0 Å². The lowest BCUT2D eigenvalue weighted by Crippen LogP contribution is -2.39. The molecule has 1 aromatic rings. The van der Waals surface area contributed by atoms with Crippen molar-refractivity contribution in [2.24, 2.45) is 5.73 Å². The first-order valence-corrected chi connectivity index (χ1v) is 5.57. The predicted octanol–water partition coefficient (Wildman–Crippen LogP) is 1.43. The van der Waals surface area contributed by atoms with Gasteiger partial charge in [-0.15, -0.1) is 0 Å². The summed E-state index contributed by atoms with van der Waals surface area (Å²) in [6.45, 7) is 5.81. The maximum Gasteiger partial charge on any atom is 0.225 e. The van der Waals surface area contributed by atoms with Crippen LogP contribution in [0, 0.1) is 0 Å². The highest BCUT2D eigenvalue weighted by atomic mass is 15.3. The van der Waals surface area contributed by atoms with E-state index in [2.05, 4.69) is 28.7 Å². The molecular formula is C11H20N4. The number of anilines is 1. The van der Waals surface area contributed by atoms with Crippen LogP contribution in [-0.2, 0) is 0 Å². The molecule has 1 heterocycles. The van der Waals surface area contributed by atoms with Crippen molar-refractivity contribution < 1.29 is 0 Å². The molecule has 0 spiro atoms. The Morgan fingerprint density at radius 3 is 2.33 bits per heavy atom. The van der Waals surface area contributed by atoms with E-state index in [9.17, 15) is 0 Å². The van der Waals surface area contributed by atoms with E-state index >= 15 is 0 Å². The number of nitrogens with two attached hydrogens (primary N) is 1. The second-order valence-corrected chi connectivity index (χ2v) is 3.50. The molecule has 0 bridgehead atoms. The lowest BCUT2D eigenvalue weighted by atomic mass is 10.1. The summed E-state index contributed by atoms with van der Waals surface area (Å²) in [6, 6.07) is 2.31. The van der Waals surface area contributed by atoms with Crippen molar-refractivity contribution >= 4 is 5.95 Å². The van der Waals surface area contributed by atoms with Gasteiger partial charge >= 0.3 is 0 Å². The third-order valence-electron chi connectivity index (χ3n) is 2.56. The molecule has 0 saturated carbocycles. The van der Waals surface area contributed by atoms with Crippen LogP contribution < -0.4 is 10.6 Å². The Morgan fingerprint density at radius 1 is 1.27 bits per heavy atom. The summed E-state index contributed by atoms with van der Waals surface area (Å²) >= 11 is 0. The zero-order valence-electron chi connectivity index (χ0n) is 9.56. The number of hydrogen-bond acceptors (Lipinski definition) is 4. The molecule has 4 heteroatoms. The van der Waals surface area contributed by atoms with Crippen LogP contribution in [0.4, 0.5) is 5.95 Å². The highest BCUT2D eigenvalue weighted by molar-refractivity contribution is 5.30. The van der Waals surface area contributed by atoms with E-state index in [4.69, 9.17) is 5.73 Å². The maximum atomic E-state index is 5.62. The first-order chi connectivity index (χ1) is 7.33. The average Bonchev–Trinajstić information content (AvgIpc) is 2.30. The van der Waals surface area contributed by atoms with Crippen LogP contribution in [-0.4, -0.2) is 29.1 Å². The molecule has 0 atom stereocenters. The van der Waals surface area contributed by atoms with Gasteiger partial charge in [-0.05, 0) is 18.9 Å². The van der Waals surface area contributed by atoms with Gasteiger partial charge in [0, 0.05) is 31.5 Å². The van der Waals surface area contributed by atoms with Gasteiger partial charge in [-0.25, -0.2) is 9.97 Å². The highest BCUT2D eigenvalue weighted by Gasteiger charge is 2.16. The summed E-state index contributed by atoms with van der Waals surface area (Å²) in [5.74, 6) is 0.789. The first-order valence-electron chi connectivity index (χ1n) is 5.57. The minimum Gasteiger partial charge on any atom is -0.337 e. The summed E-state index contributed by atoms with van der Waals surface area (Å²) in [6.07, 6.45) is 5.73. The van der Waals surface area contributed by atoms with E-state index in [-0.39, 0.29) is 0 Å². The van der Waals surface area contributed by atoms with Gasteiger partial charge in [-0.3, -0.25) is 0 Å². The predicted molar refractivity (Wildman–Crippen MR) is 62.8 cm³/mol. The zero-order valence-corrected chi connectivity index (χ0v) is 9.56. The van der Waals surface area contributed by atoms with Crippen molar-refractivity contribution in [1.82, 2.24) is 9.97 Å². The fourth-order valence-electron chi connectivity index (χ4n) is 1.75. The van der Waals surface area contributed by atoms with E-state index in [1.54, 1.807) is 12.4 Å². The Hall–Kier alpha value is -1.16. The van der Waals surface area contributed by atoms with E-state index in [1.807, 2.05) is 6.07 Å². The average molecular weight is 208 g/mol. The van der Waals surface area contributed by atoms with Crippen LogP contribution >= 0.6 is 0 Å². The third-order valence-corrected chi connectivity index (χ3v) is 2.56. The van der Waals surface area contributed by atoms with Crippen molar-refractivity contribution in [2.75, 3.05) is 18.0 Å². The molecule has 0 fully saturated rings. The summed E-state index contributed by atoms with van der Waals surface area (Å²) in [5.41, 5.74) is 5.62. The Kier molecular flexibility index (Phi) is 5.04. The minimum absolute atomic E-state index is 0.482. The first kappa shape index (κ1) is 11.9. The molecule has 15 heavy (non-hydrogen) atoms. The monoisotopic (exact) mass is 208 g/mol. The normalized spacial score (nSPS) is 10.7. The molecular weight excluding hydrogens is 188 g/mol. The molecule has 0 aliphatic carbocycles. The number of rotatable bonds is 6. The topological polar surface area (TPSA) is 55.0 Å². The zero-order chi connectivity index (χ0) is 11.1. The summed E-state index contributed by atoms with van der Waals surface area (Å²) < 4.78 is 0. The molecule has 0 saturated heterocycles. The lowest BCUT2D eigenvalue weighted by Gasteiger charge is -2.29. The Labute approximate surface area is 91.5 Å². The van der Waals surface area contributed by atoms with Crippen LogP contribution in [0.15, 0.2) is 18.5 Å². The maximum absolute atomic E-state index is 5.62. The van der Waals surface area contributed by atoms with Gasteiger partial charge in [-0.2, -0.15) is 0 Å². The van der Waals surface area contributed by atoms with Gasteiger partial charge in [0.1, 0.15) is 0 Å². The van der Waals surface area contributed by atoms with Gasteiger partial charge in [0.05, 0.1) is 0 Å². The summed E-state index contributed by atoms with van der Waals surface area (Å²) in [4.78, 5) is 10.7.